The van der Waals surface area contributed by atoms with Crippen LogP contribution >= 0.6 is 23.2 Å². The Balaban J connectivity index is 2.55. The molecule has 0 aliphatic heterocycles. The molecule has 0 amide bonds. The minimum absolute atomic E-state index is 0.286. The number of rotatable bonds is 6. The van der Waals surface area contributed by atoms with Gasteiger partial charge in [0.25, 0.3) is 0 Å². The maximum atomic E-state index is 6.21. The first-order valence-corrected chi connectivity index (χ1v) is 7.78. The van der Waals surface area contributed by atoms with E-state index in [0.717, 1.165) is 31.4 Å². The lowest BCUT2D eigenvalue weighted by Crippen LogP contribution is -2.40. The fraction of sp³-hybridized carbons (Fsp3) is 0.625. The van der Waals surface area contributed by atoms with Crippen LogP contribution in [0.1, 0.15) is 46.1 Å². The molecule has 0 fully saturated rings. The number of hydrogen-bond donors (Lipinski definition) is 1. The van der Waals surface area contributed by atoms with Gasteiger partial charge in [-0.15, -0.1) is 0 Å². The summed E-state index contributed by atoms with van der Waals surface area (Å²) in [4.78, 5) is 0. The molecule has 0 saturated heterocycles. The highest BCUT2D eigenvalue weighted by atomic mass is 35.5. The zero-order chi connectivity index (χ0) is 14.5. The average molecular weight is 302 g/mol. The predicted molar refractivity (Wildman–Crippen MR) is 86.3 cm³/mol. The highest BCUT2D eigenvalue weighted by Gasteiger charge is 2.23. The Kier molecular flexibility index (Phi) is 6.65. The molecule has 0 aromatic heterocycles. The van der Waals surface area contributed by atoms with Crippen molar-refractivity contribution in [2.75, 3.05) is 6.54 Å². The van der Waals surface area contributed by atoms with E-state index in [9.17, 15) is 0 Å². The van der Waals surface area contributed by atoms with Crippen molar-refractivity contribution in [3.05, 3.63) is 33.8 Å². The molecule has 1 nitrogen and oxygen atoms in total. The van der Waals surface area contributed by atoms with E-state index >= 15 is 0 Å². The van der Waals surface area contributed by atoms with Gasteiger partial charge in [-0.05, 0) is 42.9 Å². The van der Waals surface area contributed by atoms with Gasteiger partial charge in [-0.1, -0.05) is 63.0 Å². The highest BCUT2D eigenvalue weighted by Crippen LogP contribution is 2.28. The molecule has 3 heteroatoms. The monoisotopic (exact) mass is 301 g/mol. The van der Waals surface area contributed by atoms with E-state index in [2.05, 4.69) is 39.1 Å². The third-order valence-electron chi connectivity index (χ3n) is 3.47. The average Bonchev–Trinajstić information content (AvgIpc) is 2.32. The fourth-order valence-electron chi connectivity index (χ4n) is 2.33. The minimum Gasteiger partial charge on any atom is -0.314 e. The Morgan fingerprint density at radius 1 is 1.21 bits per heavy atom. The van der Waals surface area contributed by atoms with Crippen molar-refractivity contribution in [2.45, 2.75) is 53.0 Å². The fourth-order valence-corrected chi connectivity index (χ4v) is 2.74. The Bertz CT molecular complexity index is 396. The maximum Gasteiger partial charge on any atom is 0.0624 e. The van der Waals surface area contributed by atoms with E-state index < -0.39 is 0 Å². The molecule has 0 heterocycles. The van der Waals surface area contributed by atoms with Gasteiger partial charge < -0.3 is 5.32 Å². The second-order valence-electron chi connectivity index (χ2n) is 6.08. The second-order valence-corrected chi connectivity index (χ2v) is 6.87. The largest absolute Gasteiger partial charge is 0.314 e. The van der Waals surface area contributed by atoms with Gasteiger partial charge in [0.1, 0.15) is 0 Å². The van der Waals surface area contributed by atoms with Gasteiger partial charge in [-0.3, -0.25) is 0 Å². The van der Waals surface area contributed by atoms with Crippen molar-refractivity contribution in [1.29, 1.82) is 0 Å². The summed E-state index contributed by atoms with van der Waals surface area (Å²) < 4.78 is 0. The van der Waals surface area contributed by atoms with Crippen molar-refractivity contribution >= 4 is 23.2 Å². The maximum absolute atomic E-state index is 6.21. The molecule has 0 aliphatic carbocycles. The van der Waals surface area contributed by atoms with Gasteiger partial charge in [-0.25, -0.2) is 0 Å². The first-order chi connectivity index (χ1) is 8.86. The van der Waals surface area contributed by atoms with E-state index in [4.69, 9.17) is 23.2 Å². The van der Waals surface area contributed by atoms with Gasteiger partial charge in [-0.2, -0.15) is 0 Å². The summed E-state index contributed by atoms with van der Waals surface area (Å²) in [7, 11) is 0. The van der Waals surface area contributed by atoms with Crippen LogP contribution in [-0.4, -0.2) is 12.6 Å². The normalized spacial score (nSPS) is 13.6. The molecule has 1 aromatic carbocycles. The quantitative estimate of drug-likeness (QED) is 0.748. The number of aryl methyl sites for hydroxylation is 1. The third-order valence-corrected chi connectivity index (χ3v) is 4.32. The third kappa shape index (κ3) is 5.33. The van der Waals surface area contributed by atoms with Gasteiger partial charge >= 0.3 is 0 Å². The molecule has 1 N–H and O–H groups in total. The molecule has 0 aliphatic rings. The Hall–Kier alpha value is -0.240. The molecule has 0 bridgehead atoms. The van der Waals surface area contributed by atoms with Crippen molar-refractivity contribution < 1.29 is 0 Å². The molecule has 0 radical (unpaired) electrons. The zero-order valence-electron chi connectivity index (χ0n) is 12.4. The van der Waals surface area contributed by atoms with Gasteiger partial charge in [0, 0.05) is 6.04 Å². The molecule has 1 atom stereocenters. The zero-order valence-corrected chi connectivity index (χ0v) is 13.9. The van der Waals surface area contributed by atoms with E-state index in [1.54, 1.807) is 0 Å². The smallest absolute Gasteiger partial charge is 0.0624 e. The number of halogens is 2. The minimum atomic E-state index is 0.286. The summed E-state index contributed by atoms with van der Waals surface area (Å²) in [5.41, 5.74) is 1.44. The molecule has 108 valence electrons. The highest BCUT2D eigenvalue weighted by molar-refractivity contribution is 6.42. The summed E-state index contributed by atoms with van der Waals surface area (Å²) in [6.45, 7) is 10.0. The standard InChI is InChI=1S/C16H25Cl2N/c1-5-19-14(16(2,3)4)11-7-9-12-8-6-10-13(17)15(12)18/h6,8,10,14,19H,5,7,9,11H2,1-4H3. The van der Waals surface area contributed by atoms with Crippen molar-refractivity contribution in [3.63, 3.8) is 0 Å². The van der Waals surface area contributed by atoms with E-state index in [1.165, 1.54) is 0 Å². The van der Waals surface area contributed by atoms with Crippen LogP contribution in [0.5, 0.6) is 0 Å². The van der Waals surface area contributed by atoms with Crippen molar-refractivity contribution in [3.8, 4) is 0 Å². The predicted octanol–water partition coefficient (Wildman–Crippen LogP) is 5.34. The molecular weight excluding hydrogens is 277 g/mol. The summed E-state index contributed by atoms with van der Waals surface area (Å²) in [6, 6.07) is 6.41. The molecule has 1 unspecified atom stereocenters. The Morgan fingerprint density at radius 2 is 1.89 bits per heavy atom. The lowest BCUT2D eigenvalue weighted by molar-refractivity contribution is 0.254. The molecular formula is C16H25Cl2N. The van der Waals surface area contributed by atoms with Crippen LogP contribution in [0.2, 0.25) is 10.0 Å². The molecule has 19 heavy (non-hydrogen) atoms. The van der Waals surface area contributed by atoms with E-state index in [-0.39, 0.29) is 5.41 Å². The van der Waals surface area contributed by atoms with Crippen LogP contribution < -0.4 is 5.32 Å². The lowest BCUT2D eigenvalue weighted by atomic mass is 9.83. The Labute approximate surface area is 127 Å². The summed E-state index contributed by atoms with van der Waals surface area (Å²) in [6.07, 6.45) is 3.26. The first-order valence-electron chi connectivity index (χ1n) is 7.02. The molecule has 1 aromatic rings. The topological polar surface area (TPSA) is 12.0 Å². The van der Waals surface area contributed by atoms with E-state index in [1.807, 2.05) is 12.1 Å². The van der Waals surface area contributed by atoms with Crippen LogP contribution in [-0.2, 0) is 6.42 Å². The Morgan fingerprint density at radius 3 is 2.47 bits per heavy atom. The van der Waals surface area contributed by atoms with Crippen molar-refractivity contribution in [1.82, 2.24) is 5.32 Å². The lowest BCUT2D eigenvalue weighted by Gasteiger charge is -2.31. The number of nitrogens with one attached hydrogen (secondary N) is 1. The van der Waals surface area contributed by atoms with Gasteiger partial charge in [0.2, 0.25) is 0 Å². The van der Waals surface area contributed by atoms with Crippen LogP contribution in [0.3, 0.4) is 0 Å². The van der Waals surface area contributed by atoms with Gasteiger partial charge in [0.15, 0.2) is 0 Å². The molecule has 0 saturated carbocycles. The number of benzene rings is 1. The van der Waals surface area contributed by atoms with Crippen LogP contribution in [0.15, 0.2) is 18.2 Å². The molecule has 1 rings (SSSR count). The van der Waals surface area contributed by atoms with Gasteiger partial charge in [0.05, 0.1) is 10.0 Å². The summed E-state index contributed by atoms with van der Waals surface area (Å²) in [5, 5.41) is 4.94. The summed E-state index contributed by atoms with van der Waals surface area (Å²) in [5.74, 6) is 0. The van der Waals surface area contributed by atoms with Crippen LogP contribution in [0, 0.1) is 5.41 Å². The van der Waals surface area contributed by atoms with Crippen LogP contribution in [0.25, 0.3) is 0 Å². The summed E-state index contributed by atoms with van der Waals surface area (Å²) >= 11 is 12.2. The van der Waals surface area contributed by atoms with Crippen LogP contribution in [0.4, 0.5) is 0 Å². The first kappa shape index (κ1) is 16.8. The SMILES string of the molecule is CCNC(CCCc1cccc(Cl)c1Cl)C(C)(C)C. The van der Waals surface area contributed by atoms with E-state index in [0.29, 0.717) is 16.1 Å². The second kappa shape index (κ2) is 7.52. The molecule has 0 spiro atoms. The van der Waals surface area contributed by atoms with Crippen molar-refractivity contribution in [2.24, 2.45) is 5.41 Å². The number of hydrogen-bond acceptors (Lipinski definition) is 1.